The molecule has 0 radical (unpaired) electrons. The zero-order chi connectivity index (χ0) is 35.9. The first-order valence-electron chi connectivity index (χ1n) is 20.3. The molecule has 0 N–H and O–H groups in total. The minimum atomic E-state index is -4.50. The van der Waals surface area contributed by atoms with Crippen LogP contribution in [0.1, 0.15) is 232 Å². The molecule has 0 fully saturated rings. The molecule has 0 amide bonds. The minimum absolute atomic E-state index is 0. The van der Waals surface area contributed by atoms with Crippen LogP contribution in [0.5, 0.6) is 0 Å². The van der Waals surface area contributed by atoms with Gasteiger partial charge in [-0.2, -0.15) is 0 Å². The van der Waals surface area contributed by atoms with E-state index < -0.39 is 20.8 Å². The van der Waals surface area contributed by atoms with Gasteiger partial charge in [-0.25, -0.2) is 16.8 Å². The number of hydrogen-bond acceptors (Lipinski definition) is 8. The first-order valence-corrected chi connectivity index (χ1v) is 23.0. The second-order valence-corrected chi connectivity index (χ2v) is 15.9. The third-order valence-electron chi connectivity index (χ3n) is 8.95. The number of hydrogen-bond donors (Lipinski definition) is 0. The predicted molar refractivity (Wildman–Crippen MR) is 205 cm³/mol. The Morgan fingerprint density at radius 2 is 0.449 bits per heavy atom. The summed E-state index contributed by atoms with van der Waals surface area (Å²) < 4.78 is 69.7. The van der Waals surface area contributed by atoms with Crippen LogP contribution in [0.2, 0.25) is 0 Å². The van der Waals surface area contributed by atoms with Gasteiger partial charge in [-0.05, 0) is 12.8 Å². The molecule has 0 aromatic carbocycles. The molecule has 0 spiro atoms. The molecule has 0 aliphatic heterocycles. The Hall–Kier alpha value is 0.506. The summed E-state index contributed by atoms with van der Waals surface area (Å²) in [7, 11) is -8.99. The van der Waals surface area contributed by atoms with Gasteiger partial charge in [0, 0.05) is 0 Å². The molecule has 292 valence electrons. The molecular formula is C38H78MgO8S2. The van der Waals surface area contributed by atoms with Crippen molar-refractivity contribution >= 4 is 43.9 Å². The van der Waals surface area contributed by atoms with E-state index in [-0.39, 0.29) is 36.3 Å². The van der Waals surface area contributed by atoms with E-state index in [1.807, 2.05) is 0 Å². The Kier molecular flexibility index (Phi) is 47.2. The van der Waals surface area contributed by atoms with Crippen molar-refractivity contribution < 1.29 is 34.3 Å². The van der Waals surface area contributed by atoms with Crippen molar-refractivity contribution in [3.05, 3.63) is 0 Å². The van der Waals surface area contributed by atoms with Crippen molar-refractivity contribution in [1.82, 2.24) is 0 Å². The summed E-state index contributed by atoms with van der Waals surface area (Å²) in [5.41, 5.74) is 0. The number of unbranched alkanes of at least 4 members (excludes halogenated alkanes) is 32. The molecule has 0 atom stereocenters. The first-order chi connectivity index (χ1) is 23.1. The van der Waals surface area contributed by atoms with Gasteiger partial charge in [0.2, 0.25) is 20.8 Å². The van der Waals surface area contributed by atoms with Crippen molar-refractivity contribution in [3.8, 4) is 0 Å². The van der Waals surface area contributed by atoms with Crippen molar-refractivity contribution in [2.75, 3.05) is 13.2 Å². The minimum Gasteiger partial charge on any atom is -0.726 e. The fourth-order valence-corrected chi connectivity index (χ4v) is 6.62. The molecule has 0 heterocycles. The second kappa shape index (κ2) is 42.9. The predicted octanol–water partition coefficient (Wildman–Crippen LogP) is 11.8. The van der Waals surface area contributed by atoms with Gasteiger partial charge in [-0.15, -0.1) is 0 Å². The van der Waals surface area contributed by atoms with E-state index in [1.165, 1.54) is 180 Å². The van der Waals surface area contributed by atoms with Crippen LogP contribution in [0.25, 0.3) is 0 Å². The fraction of sp³-hybridized carbons (Fsp3) is 1.00. The Bertz CT molecular complexity index is 758. The van der Waals surface area contributed by atoms with E-state index in [2.05, 4.69) is 22.2 Å². The number of rotatable bonds is 38. The van der Waals surface area contributed by atoms with Gasteiger partial charge in [-0.1, -0.05) is 219 Å². The molecule has 0 aliphatic carbocycles. The van der Waals surface area contributed by atoms with Crippen LogP contribution >= 0.6 is 0 Å². The van der Waals surface area contributed by atoms with E-state index >= 15 is 0 Å². The molecule has 0 bridgehead atoms. The van der Waals surface area contributed by atoms with E-state index in [9.17, 15) is 25.9 Å². The Morgan fingerprint density at radius 1 is 0.306 bits per heavy atom. The molecular weight excluding hydrogens is 673 g/mol. The van der Waals surface area contributed by atoms with Crippen LogP contribution in [-0.4, -0.2) is 62.2 Å². The molecule has 0 aliphatic rings. The smallest absolute Gasteiger partial charge is 0.726 e. The van der Waals surface area contributed by atoms with E-state index in [4.69, 9.17) is 0 Å². The quantitative estimate of drug-likeness (QED) is 0.0263. The van der Waals surface area contributed by atoms with Crippen LogP contribution in [0.3, 0.4) is 0 Å². The summed E-state index contributed by atoms with van der Waals surface area (Å²) in [6.45, 7) is 4.59. The largest absolute Gasteiger partial charge is 2.00 e. The molecule has 0 unspecified atom stereocenters. The maximum Gasteiger partial charge on any atom is 2.00 e. The van der Waals surface area contributed by atoms with Crippen molar-refractivity contribution in [3.63, 3.8) is 0 Å². The monoisotopic (exact) mass is 750 g/mol. The molecule has 0 rings (SSSR count). The average Bonchev–Trinajstić information content (AvgIpc) is 3.03. The third kappa shape index (κ3) is 58.1. The first kappa shape index (κ1) is 53.9. The Morgan fingerprint density at radius 3 is 0.592 bits per heavy atom. The summed E-state index contributed by atoms with van der Waals surface area (Å²) in [5, 5.41) is 0. The summed E-state index contributed by atoms with van der Waals surface area (Å²) in [4.78, 5) is 0. The maximum absolute atomic E-state index is 10.2. The molecule has 8 nitrogen and oxygen atoms in total. The van der Waals surface area contributed by atoms with Gasteiger partial charge in [0.25, 0.3) is 0 Å². The molecule has 0 saturated carbocycles. The van der Waals surface area contributed by atoms with Crippen molar-refractivity contribution in [2.45, 2.75) is 232 Å². The van der Waals surface area contributed by atoms with E-state index in [1.54, 1.807) is 0 Å². The van der Waals surface area contributed by atoms with Gasteiger partial charge in [0.15, 0.2) is 0 Å². The summed E-state index contributed by atoms with van der Waals surface area (Å²) in [6, 6.07) is 0. The Balaban J connectivity index is -0.000000846. The molecule has 0 aromatic rings. The Labute approximate surface area is 321 Å². The van der Waals surface area contributed by atoms with Crippen molar-refractivity contribution in [2.24, 2.45) is 0 Å². The molecule has 11 heteroatoms. The third-order valence-corrected chi connectivity index (χ3v) is 9.86. The van der Waals surface area contributed by atoms with Gasteiger partial charge in [0.05, 0.1) is 13.2 Å². The molecule has 49 heavy (non-hydrogen) atoms. The van der Waals surface area contributed by atoms with Gasteiger partial charge in [0.1, 0.15) is 0 Å². The van der Waals surface area contributed by atoms with E-state index in [0.29, 0.717) is 12.8 Å². The standard InChI is InChI=1S/2C19H40O4S.Mg/c2*1-2-3-4-5-6-7-8-9-10-11-12-13-14-15-16-17-18-19-23-24(20,21)22;/h2*2-19H2,1H3,(H,20,21,22);/q;;+2/p-2. The second-order valence-electron chi connectivity index (χ2n) is 13.8. The average molecular weight is 751 g/mol. The van der Waals surface area contributed by atoms with Gasteiger partial charge < -0.3 is 9.11 Å². The zero-order valence-corrected chi connectivity index (χ0v) is 35.3. The van der Waals surface area contributed by atoms with Crippen LogP contribution in [0, 0.1) is 0 Å². The fourth-order valence-electron chi connectivity index (χ4n) is 5.98. The topological polar surface area (TPSA) is 133 Å². The molecule has 0 aromatic heterocycles. The maximum atomic E-state index is 10.2. The SMILES string of the molecule is CCCCCCCCCCCCCCCCCCCOS(=O)(=O)[O-].CCCCCCCCCCCCCCCCCCCOS(=O)(=O)[O-].[Mg+2]. The summed E-state index contributed by atoms with van der Waals surface area (Å²) >= 11 is 0. The normalized spacial score (nSPS) is 11.7. The zero-order valence-electron chi connectivity index (χ0n) is 32.2. The van der Waals surface area contributed by atoms with Crippen LogP contribution in [-0.2, 0) is 29.2 Å². The molecule has 0 saturated heterocycles. The van der Waals surface area contributed by atoms with Gasteiger partial charge >= 0.3 is 23.1 Å². The van der Waals surface area contributed by atoms with Crippen LogP contribution < -0.4 is 0 Å². The van der Waals surface area contributed by atoms with Crippen LogP contribution in [0.15, 0.2) is 0 Å². The van der Waals surface area contributed by atoms with Crippen molar-refractivity contribution in [1.29, 1.82) is 0 Å². The van der Waals surface area contributed by atoms with E-state index in [0.717, 1.165) is 25.7 Å². The van der Waals surface area contributed by atoms with Gasteiger partial charge in [-0.3, -0.25) is 8.37 Å². The summed E-state index contributed by atoms with van der Waals surface area (Å²) in [5.74, 6) is 0. The summed E-state index contributed by atoms with van der Waals surface area (Å²) in [6.07, 6.45) is 43.5. The van der Waals surface area contributed by atoms with Crippen LogP contribution in [0.4, 0.5) is 0 Å².